The van der Waals surface area contributed by atoms with Crippen molar-refractivity contribution in [2.24, 2.45) is 7.05 Å². The third-order valence-corrected chi connectivity index (χ3v) is 1.66. The van der Waals surface area contributed by atoms with E-state index in [1.165, 1.54) is 0 Å². The van der Waals surface area contributed by atoms with Gasteiger partial charge in [0.25, 0.3) is 0 Å². The molecule has 0 unspecified atom stereocenters. The first-order valence-electron chi connectivity index (χ1n) is 3.55. The predicted molar refractivity (Wildman–Crippen MR) is 45.2 cm³/mol. The smallest absolute Gasteiger partial charge is 0.197 e. The molecule has 0 spiro atoms. The number of aromatic amines is 1. The van der Waals surface area contributed by atoms with Crippen molar-refractivity contribution in [1.82, 2.24) is 19.5 Å². The van der Waals surface area contributed by atoms with Gasteiger partial charge >= 0.3 is 0 Å². The van der Waals surface area contributed by atoms with Crippen LogP contribution >= 0.6 is 0 Å². The standard InChI is InChI=1S/C7H9N5/c1-12-3-2-9-6(12)5-4-10-7(8)11-5/h2-4H,1H3,(H3,8,10,11). The zero-order valence-corrected chi connectivity index (χ0v) is 6.65. The molecular formula is C7H9N5. The van der Waals surface area contributed by atoms with Crippen LogP contribution < -0.4 is 5.73 Å². The summed E-state index contributed by atoms with van der Waals surface area (Å²) in [6.07, 6.45) is 5.26. The van der Waals surface area contributed by atoms with E-state index < -0.39 is 0 Å². The number of hydrogen-bond acceptors (Lipinski definition) is 3. The summed E-state index contributed by atoms with van der Waals surface area (Å²) in [7, 11) is 1.92. The van der Waals surface area contributed by atoms with Gasteiger partial charge < -0.3 is 15.3 Å². The van der Waals surface area contributed by atoms with Crippen LogP contribution in [0.3, 0.4) is 0 Å². The van der Waals surface area contributed by atoms with Crippen LogP contribution in [0, 0.1) is 0 Å². The van der Waals surface area contributed by atoms with Crippen molar-refractivity contribution >= 4 is 5.95 Å². The van der Waals surface area contributed by atoms with Crippen LogP contribution in [0.25, 0.3) is 11.5 Å². The number of anilines is 1. The molecule has 0 fully saturated rings. The van der Waals surface area contributed by atoms with Gasteiger partial charge in [-0.25, -0.2) is 9.97 Å². The summed E-state index contributed by atoms with van der Waals surface area (Å²) in [6, 6.07) is 0. The molecule has 0 saturated heterocycles. The Morgan fingerprint density at radius 2 is 2.33 bits per heavy atom. The SMILES string of the molecule is Cn1ccnc1-c1cnc(N)[nH]1. The summed E-state index contributed by atoms with van der Waals surface area (Å²) in [4.78, 5) is 10.9. The quantitative estimate of drug-likeness (QED) is 0.638. The van der Waals surface area contributed by atoms with Crippen molar-refractivity contribution in [3.63, 3.8) is 0 Å². The highest BCUT2D eigenvalue weighted by molar-refractivity contribution is 5.50. The summed E-state index contributed by atoms with van der Waals surface area (Å²) in [5, 5.41) is 0. The number of nitrogens with two attached hydrogens (primary N) is 1. The first-order chi connectivity index (χ1) is 5.77. The second kappa shape index (κ2) is 2.37. The molecule has 12 heavy (non-hydrogen) atoms. The molecule has 0 atom stereocenters. The van der Waals surface area contributed by atoms with Crippen LogP contribution in [-0.4, -0.2) is 19.5 Å². The largest absolute Gasteiger partial charge is 0.369 e. The Bertz CT molecular complexity index is 386. The molecule has 2 aromatic heterocycles. The third kappa shape index (κ3) is 0.952. The highest BCUT2D eigenvalue weighted by atomic mass is 15.1. The van der Waals surface area contributed by atoms with Gasteiger partial charge in [-0.05, 0) is 0 Å². The molecule has 5 nitrogen and oxygen atoms in total. The predicted octanol–water partition coefficient (Wildman–Crippen LogP) is 0.392. The zero-order chi connectivity index (χ0) is 8.55. The molecule has 3 N–H and O–H groups in total. The van der Waals surface area contributed by atoms with Gasteiger partial charge in [0, 0.05) is 19.4 Å². The van der Waals surface area contributed by atoms with Crippen LogP contribution in [0.1, 0.15) is 0 Å². The maximum absolute atomic E-state index is 5.43. The van der Waals surface area contributed by atoms with Crippen LogP contribution in [0.5, 0.6) is 0 Å². The van der Waals surface area contributed by atoms with Crippen molar-refractivity contribution in [2.75, 3.05) is 5.73 Å². The Labute approximate surface area is 69.3 Å². The van der Waals surface area contributed by atoms with Crippen molar-refractivity contribution < 1.29 is 0 Å². The summed E-state index contributed by atoms with van der Waals surface area (Å²) in [6.45, 7) is 0. The fourth-order valence-corrected chi connectivity index (χ4v) is 1.08. The van der Waals surface area contributed by atoms with E-state index in [-0.39, 0.29) is 0 Å². The van der Waals surface area contributed by atoms with Gasteiger partial charge in [-0.1, -0.05) is 0 Å². The van der Waals surface area contributed by atoms with Gasteiger partial charge in [0.2, 0.25) is 0 Å². The Morgan fingerprint density at radius 3 is 2.83 bits per heavy atom. The summed E-state index contributed by atoms with van der Waals surface area (Å²) >= 11 is 0. The number of rotatable bonds is 1. The van der Waals surface area contributed by atoms with Crippen molar-refractivity contribution in [2.45, 2.75) is 0 Å². The van der Waals surface area contributed by atoms with E-state index in [0.29, 0.717) is 5.95 Å². The van der Waals surface area contributed by atoms with Gasteiger partial charge in [0.15, 0.2) is 11.8 Å². The molecule has 0 radical (unpaired) electrons. The number of aromatic nitrogens is 4. The van der Waals surface area contributed by atoms with E-state index in [1.807, 2.05) is 17.8 Å². The van der Waals surface area contributed by atoms with Gasteiger partial charge in [0.05, 0.1) is 6.20 Å². The first-order valence-corrected chi connectivity index (χ1v) is 3.55. The lowest BCUT2D eigenvalue weighted by Gasteiger charge is -1.95. The summed E-state index contributed by atoms with van der Waals surface area (Å²) < 4.78 is 1.90. The van der Waals surface area contributed by atoms with Crippen molar-refractivity contribution in [3.8, 4) is 11.5 Å². The highest BCUT2D eigenvalue weighted by Crippen LogP contribution is 2.13. The Balaban J connectivity index is 2.50. The van der Waals surface area contributed by atoms with Gasteiger partial charge in [-0.2, -0.15) is 0 Å². The van der Waals surface area contributed by atoms with E-state index in [0.717, 1.165) is 11.5 Å². The Morgan fingerprint density at radius 1 is 1.50 bits per heavy atom. The summed E-state index contributed by atoms with van der Waals surface area (Å²) in [5.74, 6) is 1.24. The van der Waals surface area contributed by atoms with Crippen LogP contribution in [0.2, 0.25) is 0 Å². The Kier molecular flexibility index (Phi) is 1.36. The molecule has 2 rings (SSSR count). The molecule has 0 aliphatic rings. The molecule has 5 heteroatoms. The molecule has 62 valence electrons. The molecular weight excluding hydrogens is 154 g/mol. The molecule has 0 aliphatic carbocycles. The van der Waals surface area contributed by atoms with Gasteiger partial charge in [0.1, 0.15) is 5.69 Å². The van der Waals surface area contributed by atoms with E-state index >= 15 is 0 Å². The molecule has 2 heterocycles. The maximum Gasteiger partial charge on any atom is 0.197 e. The summed E-state index contributed by atoms with van der Waals surface area (Å²) in [5.41, 5.74) is 6.26. The van der Waals surface area contributed by atoms with Crippen molar-refractivity contribution in [1.29, 1.82) is 0 Å². The fraction of sp³-hybridized carbons (Fsp3) is 0.143. The van der Waals surface area contributed by atoms with E-state index in [2.05, 4.69) is 15.0 Å². The number of H-pyrrole nitrogens is 1. The molecule has 0 aliphatic heterocycles. The molecule has 2 aromatic rings. The average Bonchev–Trinajstić information content (AvgIpc) is 2.58. The van der Waals surface area contributed by atoms with E-state index in [1.54, 1.807) is 12.4 Å². The maximum atomic E-state index is 5.43. The van der Waals surface area contributed by atoms with Crippen LogP contribution in [0.15, 0.2) is 18.6 Å². The normalized spacial score (nSPS) is 10.4. The average molecular weight is 163 g/mol. The minimum absolute atomic E-state index is 0.410. The third-order valence-electron chi connectivity index (χ3n) is 1.66. The number of nitrogen functional groups attached to an aromatic ring is 1. The fourth-order valence-electron chi connectivity index (χ4n) is 1.08. The molecule has 0 saturated carbocycles. The van der Waals surface area contributed by atoms with Crippen LogP contribution in [-0.2, 0) is 7.05 Å². The highest BCUT2D eigenvalue weighted by Gasteiger charge is 2.04. The number of nitrogens with zero attached hydrogens (tertiary/aromatic N) is 3. The lowest BCUT2D eigenvalue weighted by atomic mass is 10.4. The van der Waals surface area contributed by atoms with Gasteiger partial charge in [-0.15, -0.1) is 0 Å². The number of imidazole rings is 2. The number of hydrogen-bond donors (Lipinski definition) is 2. The van der Waals surface area contributed by atoms with E-state index in [4.69, 9.17) is 5.73 Å². The second-order valence-corrected chi connectivity index (χ2v) is 2.54. The lowest BCUT2D eigenvalue weighted by Crippen LogP contribution is -1.91. The van der Waals surface area contributed by atoms with Gasteiger partial charge in [-0.3, -0.25) is 0 Å². The second-order valence-electron chi connectivity index (χ2n) is 2.54. The monoisotopic (exact) mass is 163 g/mol. The van der Waals surface area contributed by atoms with Crippen LogP contribution in [0.4, 0.5) is 5.95 Å². The minimum atomic E-state index is 0.410. The topological polar surface area (TPSA) is 72.5 Å². The van der Waals surface area contributed by atoms with E-state index in [9.17, 15) is 0 Å². The van der Waals surface area contributed by atoms with Crippen molar-refractivity contribution in [3.05, 3.63) is 18.6 Å². The zero-order valence-electron chi connectivity index (χ0n) is 6.65. The lowest BCUT2D eigenvalue weighted by molar-refractivity contribution is 0.920. The molecule has 0 bridgehead atoms. The molecule has 0 aromatic carbocycles. The number of aryl methyl sites for hydroxylation is 1. The molecule has 0 amide bonds. The number of nitrogens with one attached hydrogen (secondary N) is 1. The Hall–Kier alpha value is -1.78. The first kappa shape index (κ1) is 6.90. The minimum Gasteiger partial charge on any atom is -0.369 e.